The van der Waals surface area contributed by atoms with Gasteiger partial charge >= 0.3 is 0 Å². The molecule has 0 amide bonds. The van der Waals surface area contributed by atoms with Gasteiger partial charge in [-0.3, -0.25) is 4.57 Å². The highest BCUT2D eigenvalue weighted by atomic mass is 19.3. The van der Waals surface area contributed by atoms with Crippen molar-refractivity contribution < 1.29 is 17.9 Å². The van der Waals surface area contributed by atoms with Crippen LogP contribution in [0.1, 0.15) is 5.56 Å². The third-order valence-electron chi connectivity index (χ3n) is 3.74. The normalized spacial score (nSPS) is 15.3. The van der Waals surface area contributed by atoms with Gasteiger partial charge in [-0.05, 0) is 30.7 Å². The van der Waals surface area contributed by atoms with Gasteiger partial charge in [0.2, 0.25) is 5.95 Å². The molecule has 0 saturated carbocycles. The van der Waals surface area contributed by atoms with E-state index in [0.717, 1.165) is 5.56 Å². The minimum Gasteiger partial charge on any atom is -0.369 e. The van der Waals surface area contributed by atoms with Crippen molar-refractivity contribution in [1.29, 1.82) is 0 Å². The first-order valence-corrected chi connectivity index (χ1v) is 7.25. The molecule has 0 atom stereocenters. The quantitative estimate of drug-likeness (QED) is 0.846. The summed E-state index contributed by atoms with van der Waals surface area (Å²) in [5, 5.41) is 8.23. The predicted octanol–water partition coefficient (Wildman–Crippen LogP) is 2.40. The van der Waals surface area contributed by atoms with Crippen LogP contribution in [0.2, 0.25) is 0 Å². The zero-order valence-corrected chi connectivity index (χ0v) is 12.8. The average Bonchev–Trinajstić information content (AvgIpc) is 2.77. The van der Waals surface area contributed by atoms with Crippen LogP contribution in [0.5, 0.6) is 0 Å². The molecule has 3 rings (SSSR count). The summed E-state index contributed by atoms with van der Waals surface area (Å²) in [7, 11) is 1.79. The Bertz CT molecular complexity index is 678. The van der Waals surface area contributed by atoms with E-state index in [1.807, 2.05) is 17.9 Å². The lowest BCUT2D eigenvalue weighted by Gasteiger charge is -2.39. The van der Waals surface area contributed by atoms with Crippen LogP contribution in [0.15, 0.2) is 18.2 Å². The molecule has 1 fully saturated rings. The Morgan fingerprint density at radius 3 is 2.65 bits per heavy atom. The molecule has 2 heterocycles. The van der Waals surface area contributed by atoms with Gasteiger partial charge in [-0.2, -0.15) is 0 Å². The van der Waals surface area contributed by atoms with Gasteiger partial charge in [0.05, 0.1) is 6.10 Å². The monoisotopic (exact) mass is 326 g/mol. The van der Waals surface area contributed by atoms with Crippen LogP contribution < -0.4 is 4.90 Å². The molecule has 124 valence electrons. The van der Waals surface area contributed by atoms with Crippen molar-refractivity contribution in [3.63, 3.8) is 0 Å². The molecule has 0 spiro atoms. The first-order valence-electron chi connectivity index (χ1n) is 7.25. The van der Waals surface area contributed by atoms with Crippen molar-refractivity contribution in [2.24, 2.45) is 7.05 Å². The Labute approximate surface area is 131 Å². The average molecular weight is 326 g/mol. The second kappa shape index (κ2) is 6.19. The summed E-state index contributed by atoms with van der Waals surface area (Å²) in [6.07, 6.45) is -2.68. The van der Waals surface area contributed by atoms with Crippen LogP contribution >= 0.6 is 0 Å². The zero-order chi connectivity index (χ0) is 16.6. The molecular weight excluding hydrogens is 309 g/mol. The molecule has 0 bridgehead atoms. The Kier molecular flexibility index (Phi) is 4.25. The maximum atomic E-state index is 13.5. The Morgan fingerprint density at radius 1 is 1.26 bits per heavy atom. The van der Waals surface area contributed by atoms with E-state index in [1.165, 1.54) is 12.1 Å². The van der Waals surface area contributed by atoms with Crippen LogP contribution in [-0.4, -0.2) is 47.0 Å². The molecule has 5 nitrogen and oxygen atoms in total. The van der Waals surface area contributed by atoms with E-state index < -0.39 is 13.0 Å². The van der Waals surface area contributed by atoms with E-state index in [0.29, 0.717) is 30.4 Å². The summed E-state index contributed by atoms with van der Waals surface area (Å²) < 4.78 is 44.6. The number of alkyl halides is 2. The molecule has 23 heavy (non-hydrogen) atoms. The molecule has 2 aromatic rings. The first-order chi connectivity index (χ1) is 10.9. The molecule has 0 N–H and O–H groups in total. The SMILES string of the molecule is Cc1cc(F)cc(-c2nnc(N3CC(OCC(F)F)C3)n2C)c1. The van der Waals surface area contributed by atoms with Gasteiger partial charge in [0.1, 0.15) is 12.4 Å². The maximum absolute atomic E-state index is 13.5. The summed E-state index contributed by atoms with van der Waals surface area (Å²) in [4.78, 5) is 1.89. The van der Waals surface area contributed by atoms with Crippen LogP contribution in [0.3, 0.4) is 0 Å². The highest BCUT2D eigenvalue weighted by molar-refractivity contribution is 5.59. The van der Waals surface area contributed by atoms with E-state index >= 15 is 0 Å². The van der Waals surface area contributed by atoms with Crippen LogP contribution in [0, 0.1) is 12.7 Å². The Hall–Kier alpha value is -2.09. The summed E-state index contributed by atoms with van der Waals surface area (Å²) in [6.45, 7) is 2.23. The fourth-order valence-corrected chi connectivity index (χ4v) is 2.63. The minimum atomic E-state index is -2.46. The minimum absolute atomic E-state index is 0.222. The van der Waals surface area contributed by atoms with Crippen molar-refractivity contribution >= 4 is 5.95 Å². The number of rotatable bonds is 5. The van der Waals surface area contributed by atoms with Gasteiger partial charge in [-0.25, -0.2) is 13.2 Å². The summed E-state index contributed by atoms with van der Waals surface area (Å²) in [5.41, 5.74) is 1.45. The molecule has 0 unspecified atom stereocenters. The number of anilines is 1. The van der Waals surface area contributed by atoms with E-state index in [9.17, 15) is 13.2 Å². The standard InChI is InChI=1S/C15H17F3N4O/c1-9-3-10(5-11(16)4-9)14-19-20-15(21(14)2)22-6-12(7-22)23-8-13(17)18/h3-5,12-13H,6-8H2,1-2H3. The van der Waals surface area contributed by atoms with E-state index in [-0.39, 0.29) is 11.9 Å². The second-order valence-corrected chi connectivity index (χ2v) is 5.65. The lowest BCUT2D eigenvalue weighted by molar-refractivity contribution is -0.0340. The number of hydrogen-bond acceptors (Lipinski definition) is 4. The number of aromatic nitrogens is 3. The summed E-state index contributed by atoms with van der Waals surface area (Å²) >= 11 is 0. The summed E-state index contributed by atoms with van der Waals surface area (Å²) in [5.74, 6) is 0.840. The molecule has 8 heteroatoms. The molecule has 0 aliphatic carbocycles. The van der Waals surface area contributed by atoms with E-state index in [4.69, 9.17) is 4.74 Å². The topological polar surface area (TPSA) is 43.2 Å². The smallest absolute Gasteiger partial charge is 0.261 e. The maximum Gasteiger partial charge on any atom is 0.261 e. The van der Waals surface area contributed by atoms with Gasteiger partial charge in [0.15, 0.2) is 5.82 Å². The number of halogens is 3. The summed E-state index contributed by atoms with van der Waals surface area (Å²) in [6, 6.07) is 4.69. The largest absolute Gasteiger partial charge is 0.369 e. The van der Waals surface area contributed by atoms with Gasteiger partial charge in [-0.1, -0.05) is 0 Å². The van der Waals surface area contributed by atoms with Gasteiger partial charge in [0.25, 0.3) is 6.43 Å². The lowest BCUT2D eigenvalue weighted by atomic mass is 10.1. The molecular formula is C15H17F3N4O. The van der Waals surface area contributed by atoms with Crippen molar-refractivity contribution in [2.75, 3.05) is 24.6 Å². The first kappa shape index (κ1) is 15.8. The van der Waals surface area contributed by atoms with Crippen molar-refractivity contribution in [3.05, 3.63) is 29.6 Å². The van der Waals surface area contributed by atoms with Gasteiger partial charge in [0, 0.05) is 25.7 Å². The third-order valence-corrected chi connectivity index (χ3v) is 3.74. The molecule has 0 radical (unpaired) electrons. The van der Waals surface area contributed by atoms with Crippen molar-refractivity contribution in [3.8, 4) is 11.4 Å². The van der Waals surface area contributed by atoms with Crippen molar-refractivity contribution in [1.82, 2.24) is 14.8 Å². The fourth-order valence-electron chi connectivity index (χ4n) is 2.63. The van der Waals surface area contributed by atoms with Gasteiger partial charge < -0.3 is 9.64 Å². The number of nitrogens with zero attached hydrogens (tertiary/aromatic N) is 4. The second-order valence-electron chi connectivity index (χ2n) is 5.65. The number of ether oxygens (including phenoxy) is 1. The number of aryl methyl sites for hydroxylation is 1. The zero-order valence-electron chi connectivity index (χ0n) is 12.8. The number of benzene rings is 1. The van der Waals surface area contributed by atoms with Crippen LogP contribution in [-0.2, 0) is 11.8 Å². The van der Waals surface area contributed by atoms with Gasteiger partial charge in [-0.15, -0.1) is 10.2 Å². The molecule has 1 aromatic heterocycles. The molecule has 1 aromatic carbocycles. The van der Waals surface area contributed by atoms with E-state index in [2.05, 4.69) is 10.2 Å². The Morgan fingerprint density at radius 2 is 2.00 bits per heavy atom. The Balaban J connectivity index is 1.71. The van der Waals surface area contributed by atoms with Crippen LogP contribution in [0.25, 0.3) is 11.4 Å². The highest BCUT2D eigenvalue weighted by Gasteiger charge is 2.31. The molecule has 1 aliphatic heterocycles. The fraction of sp³-hybridized carbons (Fsp3) is 0.467. The van der Waals surface area contributed by atoms with Crippen LogP contribution in [0.4, 0.5) is 19.1 Å². The third kappa shape index (κ3) is 3.31. The number of hydrogen-bond donors (Lipinski definition) is 0. The molecule has 1 saturated heterocycles. The van der Waals surface area contributed by atoms with Crippen molar-refractivity contribution in [2.45, 2.75) is 19.5 Å². The highest BCUT2D eigenvalue weighted by Crippen LogP contribution is 2.26. The lowest BCUT2D eigenvalue weighted by Crippen LogP contribution is -2.53. The van der Waals surface area contributed by atoms with E-state index in [1.54, 1.807) is 11.6 Å². The molecule has 1 aliphatic rings. The predicted molar refractivity (Wildman–Crippen MR) is 79.1 cm³/mol.